The number of amides is 7. The van der Waals surface area contributed by atoms with Crippen LogP contribution in [0.2, 0.25) is 0 Å². The van der Waals surface area contributed by atoms with Crippen LogP contribution < -0.4 is 49.1 Å². The molecule has 5 atom stereocenters. The fourth-order valence-electron chi connectivity index (χ4n) is 7.43. The molecule has 7 amide bonds. The third kappa shape index (κ3) is 31.1. The Morgan fingerprint density at radius 1 is 0.371 bits per heavy atom. The maximum Gasteiger partial charge on any atom is 0.243 e. The summed E-state index contributed by atoms with van der Waals surface area (Å²) in [7, 11) is 0. The third-order valence-corrected chi connectivity index (χ3v) is 11.1. The van der Waals surface area contributed by atoms with Gasteiger partial charge in [0.2, 0.25) is 41.4 Å². The highest BCUT2D eigenvalue weighted by Gasteiger charge is 2.30. The fourth-order valence-corrected chi connectivity index (χ4v) is 7.43. The fraction of sp³-hybridized carbons (Fsp3) is 0.848. The van der Waals surface area contributed by atoms with Crippen molar-refractivity contribution in [1.29, 1.82) is 0 Å². The van der Waals surface area contributed by atoms with E-state index in [1.54, 1.807) is 0 Å². The molecule has 16 heteroatoms. The summed E-state index contributed by atoms with van der Waals surface area (Å²) in [5, 5.41) is 16.8. The first-order chi connectivity index (χ1) is 29.8. The Bertz CT molecular complexity index is 1260. The van der Waals surface area contributed by atoms with Crippen molar-refractivity contribution >= 4 is 41.4 Å². The van der Waals surface area contributed by atoms with Crippen molar-refractivity contribution in [3.63, 3.8) is 0 Å². The van der Waals surface area contributed by atoms with Crippen LogP contribution in [0.1, 0.15) is 201 Å². The standard InChI is InChI=1S/C46H89N9O7/c1-5-7-9-11-13-15-17-19-27-37(42(49)58)53-45(61)40(28-20-18-16-14-12-10-8-6-2)55-46(62)41(54-44(60)39(52-36(4)57)30-22-25-33-48)31-23-26-34-50-43(59)38(51-35(3)56)29-21-24-32-47/h37-41H,5-34,47-48H2,1-4H3,(H2,49,58)(H,50,59)(H,51,56)(H,52,57)(H,53,61)(H,54,60)(H,55,62)/t37?,38-,39-,40?,41-/m0/s1. The lowest BCUT2D eigenvalue weighted by Crippen LogP contribution is -2.58. The molecule has 62 heavy (non-hydrogen) atoms. The molecule has 2 unspecified atom stereocenters. The molecule has 0 heterocycles. The van der Waals surface area contributed by atoms with Gasteiger partial charge in [0.15, 0.2) is 0 Å². The summed E-state index contributed by atoms with van der Waals surface area (Å²) >= 11 is 0. The third-order valence-electron chi connectivity index (χ3n) is 11.1. The van der Waals surface area contributed by atoms with Gasteiger partial charge >= 0.3 is 0 Å². The molecule has 0 saturated carbocycles. The van der Waals surface area contributed by atoms with Gasteiger partial charge in [-0.25, -0.2) is 0 Å². The number of nitrogens with two attached hydrogens (primary N) is 3. The van der Waals surface area contributed by atoms with E-state index in [0.717, 1.165) is 57.8 Å². The van der Waals surface area contributed by atoms with E-state index in [9.17, 15) is 33.6 Å². The minimum atomic E-state index is -1.08. The molecular formula is C46H89N9O7. The van der Waals surface area contributed by atoms with Gasteiger partial charge in [-0.15, -0.1) is 0 Å². The summed E-state index contributed by atoms with van der Waals surface area (Å²) in [6, 6.07) is -4.54. The first-order valence-corrected chi connectivity index (χ1v) is 24.2. The average Bonchev–Trinajstić information content (AvgIpc) is 3.22. The molecule has 0 saturated heterocycles. The second kappa shape index (κ2) is 38.9. The van der Waals surface area contributed by atoms with E-state index >= 15 is 0 Å². The van der Waals surface area contributed by atoms with Crippen molar-refractivity contribution in [3.8, 4) is 0 Å². The summed E-state index contributed by atoms with van der Waals surface area (Å²) in [5.41, 5.74) is 17.0. The van der Waals surface area contributed by atoms with E-state index in [2.05, 4.69) is 45.7 Å². The molecule has 12 N–H and O–H groups in total. The molecule has 0 aromatic rings. The number of carbonyl (C=O) groups is 7. The van der Waals surface area contributed by atoms with Crippen LogP contribution in [0.15, 0.2) is 0 Å². The second-order valence-electron chi connectivity index (χ2n) is 17.0. The maximum atomic E-state index is 14.2. The quantitative estimate of drug-likeness (QED) is 0.0390. The molecule has 0 bridgehead atoms. The average molecular weight is 880 g/mol. The lowest BCUT2D eigenvalue weighted by atomic mass is 10.0. The number of hydrogen-bond acceptors (Lipinski definition) is 9. The second-order valence-corrected chi connectivity index (χ2v) is 17.0. The predicted octanol–water partition coefficient (Wildman–Crippen LogP) is 4.54. The van der Waals surface area contributed by atoms with Gasteiger partial charge in [0, 0.05) is 20.4 Å². The first kappa shape index (κ1) is 58.2. The van der Waals surface area contributed by atoms with Crippen LogP contribution >= 0.6 is 0 Å². The van der Waals surface area contributed by atoms with E-state index in [1.807, 2.05) is 0 Å². The van der Waals surface area contributed by atoms with E-state index in [-0.39, 0.29) is 24.8 Å². The van der Waals surface area contributed by atoms with E-state index in [1.165, 1.54) is 58.8 Å². The molecular weight excluding hydrogens is 791 g/mol. The Hall–Kier alpha value is -3.79. The van der Waals surface area contributed by atoms with Gasteiger partial charge in [0.05, 0.1) is 0 Å². The molecule has 16 nitrogen and oxygen atoms in total. The Kier molecular flexibility index (Phi) is 36.5. The molecule has 0 aliphatic carbocycles. The topological polar surface area (TPSA) is 270 Å². The highest BCUT2D eigenvalue weighted by atomic mass is 16.2. The van der Waals surface area contributed by atoms with Crippen LogP contribution in [-0.2, 0) is 33.6 Å². The Labute approximate surface area is 374 Å². The van der Waals surface area contributed by atoms with E-state index < -0.39 is 59.7 Å². The number of hydrogen-bond donors (Lipinski definition) is 9. The van der Waals surface area contributed by atoms with Crippen LogP contribution in [0, 0.1) is 0 Å². The first-order valence-electron chi connectivity index (χ1n) is 24.2. The van der Waals surface area contributed by atoms with Gasteiger partial charge in [-0.05, 0) is 83.7 Å². The zero-order valence-electron chi connectivity index (χ0n) is 39.2. The van der Waals surface area contributed by atoms with E-state index in [4.69, 9.17) is 17.2 Å². The molecule has 0 rings (SSSR count). The SMILES string of the molecule is CCCCCCCCCCC(NC(=O)C(CCCCCCCCCC)NC(=O)[C@H](CCCCNC(=O)[C@H](CCCCN)NC(C)=O)NC(=O)[C@H](CCCCN)NC(C)=O)C(N)=O. The highest BCUT2D eigenvalue weighted by Crippen LogP contribution is 2.14. The van der Waals surface area contributed by atoms with Gasteiger partial charge < -0.3 is 49.1 Å². The Balaban J connectivity index is 6.08. The van der Waals surface area contributed by atoms with Crippen molar-refractivity contribution in [2.24, 2.45) is 17.2 Å². The van der Waals surface area contributed by atoms with Gasteiger partial charge in [-0.3, -0.25) is 33.6 Å². The summed E-state index contributed by atoms with van der Waals surface area (Å²) in [4.78, 5) is 91.0. The van der Waals surface area contributed by atoms with Gasteiger partial charge in [0.25, 0.3) is 0 Å². The molecule has 0 aliphatic rings. The highest BCUT2D eigenvalue weighted by molar-refractivity contribution is 5.95. The van der Waals surface area contributed by atoms with Gasteiger partial charge in [0.1, 0.15) is 30.2 Å². The minimum Gasteiger partial charge on any atom is -0.368 e. The predicted molar refractivity (Wildman–Crippen MR) is 247 cm³/mol. The monoisotopic (exact) mass is 880 g/mol. The smallest absolute Gasteiger partial charge is 0.243 e. The molecule has 360 valence electrons. The largest absolute Gasteiger partial charge is 0.368 e. The number of carbonyl (C=O) groups excluding carboxylic acids is 7. The zero-order chi connectivity index (χ0) is 46.4. The van der Waals surface area contributed by atoms with Crippen LogP contribution in [0.5, 0.6) is 0 Å². The number of primary amides is 1. The van der Waals surface area contributed by atoms with Crippen molar-refractivity contribution in [3.05, 3.63) is 0 Å². The van der Waals surface area contributed by atoms with Crippen LogP contribution in [-0.4, -0.2) is 91.2 Å². The van der Waals surface area contributed by atoms with Crippen molar-refractivity contribution < 1.29 is 33.6 Å². The summed E-state index contributed by atoms with van der Waals surface area (Å²) < 4.78 is 0. The van der Waals surface area contributed by atoms with Gasteiger partial charge in [-0.1, -0.05) is 117 Å². The summed E-state index contributed by atoms with van der Waals surface area (Å²) in [5.74, 6) is -3.27. The van der Waals surface area contributed by atoms with Crippen molar-refractivity contribution in [2.45, 2.75) is 231 Å². The molecule has 0 aromatic carbocycles. The molecule has 0 aliphatic heterocycles. The lowest BCUT2D eigenvalue weighted by Gasteiger charge is -2.26. The Morgan fingerprint density at radius 3 is 1.02 bits per heavy atom. The summed E-state index contributed by atoms with van der Waals surface area (Å²) in [6.45, 7) is 8.21. The van der Waals surface area contributed by atoms with E-state index in [0.29, 0.717) is 77.3 Å². The van der Waals surface area contributed by atoms with Gasteiger partial charge in [-0.2, -0.15) is 0 Å². The minimum absolute atomic E-state index is 0.170. The maximum absolute atomic E-state index is 14.2. The number of nitrogens with one attached hydrogen (secondary N) is 6. The summed E-state index contributed by atoms with van der Waals surface area (Å²) in [6.07, 6.45) is 22.1. The van der Waals surface area contributed by atoms with Crippen molar-refractivity contribution in [2.75, 3.05) is 19.6 Å². The zero-order valence-corrected chi connectivity index (χ0v) is 39.2. The molecule has 0 radical (unpaired) electrons. The molecule has 0 spiro atoms. The normalized spacial score (nSPS) is 13.5. The van der Waals surface area contributed by atoms with Crippen LogP contribution in [0.3, 0.4) is 0 Å². The lowest BCUT2D eigenvalue weighted by molar-refractivity contribution is -0.134. The van der Waals surface area contributed by atoms with Crippen LogP contribution in [0.4, 0.5) is 0 Å². The Morgan fingerprint density at radius 2 is 0.661 bits per heavy atom. The molecule has 0 fully saturated rings. The van der Waals surface area contributed by atoms with Crippen molar-refractivity contribution in [1.82, 2.24) is 31.9 Å². The number of unbranched alkanes of at least 4 members (excludes halogenated alkanes) is 17. The number of rotatable bonds is 41. The van der Waals surface area contributed by atoms with Crippen LogP contribution in [0.25, 0.3) is 0 Å². The molecule has 0 aromatic heterocycles.